The van der Waals surface area contributed by atoms with Crippen molar-refractivity contribution in [1.29, 1.82) is 0 Å². The fraction of sp³-hybridized carbons (Fsp3) is 0.278. The second-order valence-corrected chi connectivity index (χ2v) is 7.30. The molecule has 1 atom stereocenters. The molecule has 8 heteroatoms. The average molecular weight is 371 g/mol. The van der Waals surface area contributed by atoms with Gasteiger partial charge in [0.25, 0.3) is 5.91 Å². The van der Waals surface area contributed by atoms with Crippen LogP contribution in [0.5, 0.6) is 0 Å². The topological polar surface area (TPSA) is 99.0 Å². The van der Waals surface area contributed by atoms with E-state index in [1.807, 2.05) is 42.8 Å². The van der Waals surface area contributed by atoms with Crippen LogP contribution < -0.4 is 11.1 Å². The Morgan fingerprint density at radius 2 is 2.23 bits per heavy atom. The molecule has 7 nitrogen and oxygen atoms in total. The third-order valence-corrected chi connectivity index (χ3v) is 5.15. The van der Waals surface area contributed by atoms with Gasteiger partial charge >= 0.3 is 0 Å². The Bertz CT molecular complexity index is 918. The predicted molar refractivity (Wildman–Crippen MR) is 101 cm³/mol. The van der Waals surface area contributed by atoms with Crippen molar-refractivity contribution in [3.63, 3.8) is 0 Å². The van der Waals surface area contributed by atoms with Crippen LogP contribution in [0.1, 0.15) is 39.6 Å². The fourth-order valence-corrected chi connectivity index (χ4v) is 3.44. The number of carbonyl (C=O) groups excluding carboxylic acids is 1. The van der Waals surface area contributed by atoms with Gasteiger partial charge in [-0.1, -0.05) is 23.9 Å². The second-order valence-electron chi connectivity index (χ2n) is 5.99. The van der Waals surface area contributed by atoms with Crippen LogP contribution in [0, 0.1) is 6.92 Å². The molecule has 0 radical (unpaired) electrons. The van der Waals surface area contributed by atoms with Crippen molar-refractivity contribution in [2.75, 3.05) is 5.32 Å². The van der Waals surface area contributed by atoms with Crippen LogP contribution in [0.15, 0.2) is 46.2 Å². The summed E-state index contributed by atoms with van der Waals surface area (Å²) in [4.78, 5) is 12.5. The van der Waals surface area contributed by atoms with Crippen molar-refractivity contribution in [3.05, 3.63) is 59.3 Å². The van der Waals surface area contributed by atoms with Crippen LogP contribution in [-0.4, -0.2) is 20.7 Å². The molecular formula is C18H21N5O2S. The summed E-state index contributed by atoms with van der Waals surface area (Å²) in [7, 11) is 1.91. The van der Waals surface area contributed by atoms with E-state index in [4.69, 9.17) is 10.2 Å². The van der Waals surface area contributed by atoms with Gasteiger partial charge in [0.05, 0.1) is 6.54 Å². The van der Waals surface area contributed by atoms with Gasteiger partial charge < -0.3 is 20.0 Å². The first-order valence-corrected chi connectivity index (χ1v) is 9.07. The van der Waals surface area contributed by atoms with Crippen LogP contribution in [0.3, 0.4) is 0 Å². The highest BCUT2D eigenvalue weighted by Crippen LogP contribution is 2.34. The lowest BCUT2D eigenvalue weighted by molar-refractivity contribution is 0.0994. The number of aromatic nitrogens is 3. The molecule has 3 N–H and O–H groups in total. The number of benzene rings is 1. The number of hydrogen-bond acceptors (Lipinski definition) is 6. The number of nitrogens with one attached hydrogen (secondary N) is 1. The molecule has 0 bridgehead atoms. The van der Waals surface area contributed by atoms with E-state index in [-0.39, 0.29) is 23.5 Å². The molecule has 26 heavy (non-hydrogen) atoms. The van der Waals surface area contributed by atoms with E-state index in [0.717, 1.165) is 16.3 Å². The number of nitrogens with two attached hydrogens (primary N) is 1. The SMILES string of the molecule is Cc1cc(CN)oc1C(=O)Nc1cccc(C(C)Sc2nncn2C)c1. The second kappa shape index (κ2) is 7.76. The largest absolute Gasteiger partial charge is 0.454 e. The van der Waals surface area contributed by atoms with Crippen molar-refractivity contribution in [2.45, 2.75) is 30.8 Å². The van der Waals surface area contributed by atoms with Gasteiger partial charge in [-0.05, 0) is 37.6 Å². The molecule has 2 heterocycles. The number of hydrogen-bond donors (Lipinski definition) is 2. The first kappa shape index (κ1) is 18.2. The van der Waals surface area contributed by atoms with Crippen molar-refractivity contribution in [2.24, 2.45) is 12.8 Å². The number of carbonyl (C=O) groups is 1. The molecule has 2 aromatic heterocycles. The molecule has 0 saturated heterocycles. The normalized spacial score (nSPS) is 12.2. The summed E-state index contributed by atoms with van der Waals surface area (Å²) in [5.74, 6) is 0.598. The summed E-state index contributed by atoms with van der Waals surface area (Å²) in [5, 5.41) is 11.9. The third kappa shape index (κ3) is 3.97. The van der Waals surface area contributed by atoms with E-state index in [1.165, 1.54) is 0 Å². The Balaban J connectivity index is 1.73. The average Bonchev–Trinajstić information content (AvgIpc) is 3.20. The van der Waals surface area contributed by atoms with E-state index >= 15 is 0 Å². The quantitative estimate of drug-likeness (QED) is 0.645. The number of nitrogens with zero attached hydrogens (tertiary/aromatic N) is 3. The highest BCUT2D eigenvalue weighted by molar-refractivity contribution is 7.99. The Kier molecular flexibility index (Phi) is 5.43. The summed E-state index contributed by atoms with van der Waals surface area (Å²) in [6.07, 6.45) is 1.67. The maximum absolute atomic E-state index is 12.5. The number of thioether (sulfide) groups is 1. The summed E-state index contributed by atoms with van der Waals surface area (Å²) >= 11 is 1.61. The van der Waals surface area contributed by atoms with Gasteiger partial charge in [0.2, 0.25) is 0 Å². The Morgan fingerprint density at radius 1 is 1.42 bits per heavy atom. The first-order valence-electron chi connectivity index (χ1n) is 8.19. The molecule has 0 aliphatic carbocycles. The third-order valence-electron chi connectivity index (χ3n) is 3.94. The minimum absolute atomic E-state index is 0.156. The Hall–Kier alpha value is -2.58. The highest BCUT2D eigenvalue weighted by atomic mass is 32.2. The molecule has 0 spiro atoms. The summed E-state index contributed by atoms with van der Waals surface area (Å²) in [5.41, 5.74) is 8.12. The molecule has 3 aromatic rings. The maximum Gasteiger partial charge on any atom is 0.291 e. The lowest BCUT2D eigenvalue weighted by Gasteiger charge is -2.12. The molecule has 0 aliphatic heterocycles. The van der Waals surface area contributed by atoms with Crippen molar-refractivity contribution < 1.29 is 9.21 Å². The molecule has 0 fully saturated rings. The highest BCUT2D eigenvalue weighted by Gasteiger charge is 2.17. The van der Waals surface area contributed by atoms with Crippen molar-refractivity contribution in [3.8, 4) is 0 Å². The molecule has 1 unspecified atom stereocenters. The number of rotatable bonds is 6. The van der Waals surface area contributed by atoms with Crippen molar-refractivity contribution >= 4 is 23.4 Å². The minimum atomic E-state index is -0.284. The fourth-order valence-electron chi connectivity index (χ4n) is 2.54. The first-order chi connectivity index (χ1) is 12.5. The molecule has 1 amide bonds. The number of amides is 1. The maximum atomic E-state index is 12.5. The van der Waals surface area contributed by atoms with Gasteiger partial charge in [-0.25, -0.2) is 0 Å². The zero-order valence-electron chi connectivity index (χ0n) is 14.9. The smallest absolute Gasteiger partial charge is 0.291 e. The van der Waals surface area contributed by atoms with Crippen LogP contribution in [0.4, 0.5) is 5.69 Å². The van der Waals surface area contributed by atoms with Crippen LogP contribution in [0.2, 0.25) is 0 Å². The predicted octanol–water partition coefficient (Wildman–Crippen LogP) is 3.28. The van der Waals surface area contributed by atoms with E-state index in [0.29, 0.717) is 11.4 Å². The zero-order valence-corrected chi connectivity index (χ0v) is 15.7. The van der Waals surface area contributed by atoms with E-state index in [9.17, 15) is 4.79 Å². The van der Waals surface area contributed by atoms with E-state index < -0.39 is 0 Å². The summed E-state index contributed by atoms with van der Waals surface area (Å²) < 4.78 is 7.38. The van der Waals surface area contributed by atoms with Gasteiger partial charge in [-0.3, -0.25) is 4.79 Å². The van der Waals surface area contributed by atoms with Gasteiger partial charge in [0, 0.05) is 23.5 Å². The number of anilines is 1. The number of furan rings is 1. The molecular weight excluding hydrogens is 350 g/mol. The molecule has 0 saturated carbocycles. The summed E-state index contributed by atoms with van der Waals surface area (Å²) in [6, 6.07) is 9.52. The van der Waals surface area contributed by atoms with Gasteiger partial charge in [-0.15, -0.1) is 10.2 Å². The Labute approximate surface area is 156 Å². The van der Waals surface area contributed by atoms with E-state index in [1.54, 1.807) is 24.2 Å². The Morgan fingerprint density at radius 3 is 2.88 bits per heavy atom. The monoisotopic (exact) mass is 371 g/mol. The lowest BCUT2D eigenvalue weighted by Crippen LogP contribution is -2.12. The van der Waals surface area contributed by atoms with E-state index in [2.05, 4.69) is 22.4 Å². The minimum Gasteiger partial charge on any atom is -0.454 e. The summed E-state index contributed by atoms with van der Waals surface area (Å²) in [6.45, 7) is 4.18. The van der Waals surface area contributed by atoms with Gasteiger partial charge in [0.15, 0.2) is 10.9 Å². The van der Waals surface area contributed by atoms with Crippen LogP contribution in [0.25, 0.3) is 0 Å². The lowest BCUT2D eigenvalue weighted by atomic mass is 10.1. The molecule has 136 valence electrons. The standard InChI is InChI=1S/C18H21N5O2S/c1-11-7-15(9-19)25-16(11)17(24)21-14-6-4-5-13(8-14)12(2)26-18-22-20-10-23(18)3/h4-8,10,12H,9,19H2,1-3H3,(H,21,24). The van der Waals surface area contributed by atoms with Crippen LogP contribution in [-0.2, 0) is 13.6 Å². The molecule has 1 aromatic carbocycles. The van der Waals surface area contributed by atoms with Gasteiger partial charge in [-0.2, -0.15) is 0 Å². The zero-order chi connectivity index (χ0) is 18.7. The van der Waals surface area contributed by atoms with Crippen molar-refractivity contribution in [1.82, 2.24) is 14.8 Å². The molecule has 3 rings (SSSR count). The molecule has 0 aliphatic rings. The van der Waals surface area contributed by atoms with Crippen LogP contribution >= 0.6 is 11.8 Å². The van der Waals surface area contributed by atoms with Gasteiger partial charge in [0.1, 0.15) is 12.1 Å². The number of aryl methyl sites for hydroxylation is 2.